The quantitative estimate of drug-likeness (QED) is 0.206. The molecule has 204 valence electrons. The highest BCUT2D eigenvalue weighted by Crippen LogP contribution is 2.43. The first-order valence-corrected chi connectivity index (χ1v) is 14.8. The molecule has 43 heavy (non-hydrogen) atoms. The molecule has 1 aliphatic rings. The Balaban J connectivity index is 1.66. The van der Waals surface area contributed by atoms with Crippen molar-refractivity contribution in [2.24, 2.45) is 0 Å². The Kier molecular flexibility index (Phi) is 6.05. The molecule has 0 atom stereocenters. The second-order valence-corrected chi connectivity index (χ2v) is 11.0. The van der Waals surface area contributed by atoms with Gasteiger partial charge in [-0.15, -0.1) is 10.9 Å². The Hall–Kier alpha value is -5.61. The Morgan fingerprint density at radius 2 is 0.930 bits per heavy atom. The number of aromatic nitrogens is 2. The normalized spacial score (nSPS) is 13.0. The van der Waals surface area contributed by atoms with E-state index >= 15 is 0 Å². The van der Waals surface area contributed by atoms with E-state index in [1.54, 1.807) is 0 Å². The summed E-state index contributed by atoms with van der Waals surface area (Å²) in [6.07, 6.45) is 0. The summed E-state index contributed by atoms with van der Waals surface area (Å²) in [5, 5.41) is 0. The lowest BCUT2D eigenvalue weighted by molar-refractivity contribution is -0.529. The second kappa shape index (κ2) is 10.3. The number of rotatable bonds is 5. The minimum atomic E-state index is -2.00. The van der Waals surface area contributed by atoms with Crippen molar-refractivity contribution in [1.82, 2.24) is 4.57 Å². The Morgan fingerprint density at radius 1 is 0.465 bits per heavy atom. The number of fused-ring (bicyclic) bond motifs is 3. The van der Waals surface area contributed by atoms with Crippen LogP contribution >= 0.6 is 0 Å². The van der Waals surface area contributed by atoms with Crippen molar-refractivity contribution in [2.75, 3.05) is 0 Å². The average molecular weight is 552 g/mol. The van der Waals surface area contributed by atoms with Crippen LogP contribution in [0.2, 0.25) is 0 Å². The van der Waals surface area contributed by atoms with Gasteiger partial charge in [-0.3, -0.25) is 0 Å². The lowest BCUT2D eigenvalue weighted by Gasteiger charge is -2.44. The molecular formula is C39H29BN2O. The smallest absolute Gasteiger partial charge is 0.423 e. The Labute approximate surface area is 251 Å². The molecule has 1 aliphatic heterocycles. The van der Waals surface area contributed by atoms with Gasteiger partial charge in [-0.05, 0) is 24.3 Å². The van der Waals surface area contributed by atoms with E-state index in [2.05, 4.69) is 185 Å². The van der Waals surface area contributed by atoms with Crippen LogP contribution in [0.1, 0.15) is 0 Å². The molecule has 0 amide bonds. The molecule has 4 heteroatoms. The molecule has 1 aromatic heterocycles. The molecule has 7 aromatic rings. The molecule has 0 unspecified atom stereocenters. The van der Waals surface area contributed by atoms with E-state index in [1.165, 1.54) is 0 Å². The molecule has 0 radical (unpaired) electrons. The van der Waals surface area contributed by atoms with E-state index in [1.807, 2.05) is 0 Å². The highest BCUT2D eigenvalue weighted by atomic mass is 16.5. The molecule has 2 heterocycles. The van der Waals surface area contributed by atoms with Gasteiger partial charge in [0.2, 0.25) is 0 Å². The fraction of sp³-hybridized carbons (Fsp3) is 0. The van der Waals surface area contributed by atoms with Gasteiger partial charge in [-0.2, -0.15) is 4.57 Å². The molecule has 0 N–H and O–H groups in total. The van der Waals surface area contributed by atoms with Crippen molar-refractivity contribution < 1.29 is 9.13 Å². The molecule has 0 fully saturated rings. The monoisotopic (exact) mass is 552 g/mol. The van der Waals surface area contributed by atoms with Gasteiger partial charge in [-0.1, -0.05) is 152 Å². The van der Waals surface area contributed by atoms with E-state index < -0.39 is 6.48 Å². The summed E-state index contributed by atoms with van der Waals surface area (Å²) in [6, 6.07) is 62.0. The van der Waals surface area contributed by atoms with Gasteiger partial charge in [0.1, 0.15) is 11.4 Å². The van der Waals surface area contributed by atoms with Crippen LogP contribution in [0.25, 0.3) is 39.6 Å². The van der Waals surface area contributed by atoms with Crippen LogP contribution < -0.4 is 20.1 Å². The third kappa shape index (κ3) is 3.95. The van der Waals surface area contributed by atoms with Gasteiger partial charge < -0.3 is 9.13 Å². The maximum Gasteiger partial charge on any atom is 0.423 e. The van der Waals surface area contributed by atoms with Crippen LogP contribution in [-0.2, 0) is 0 Å². The van der Waals surface area contributed by atoms with Crippen LogP contribution in [-0.4, -0.2) is 11.1 Å². The number of benzene rings is 6. The fourth-order valence-corrected chi connectivity index (χ4v) is 6.75. The summed E-state index contributed by atoms with van der Waals surface area (Å²) in [5.41, 5.74) is 8.84. The minimum Gasteiger partial charge on any atom is -0.671 e. The predicted molar refractivity (Wildman–Crippen MR) is 176 cm³/mol. The number of nitrogens with zero attached hydrogens (tertiary/aromatic N) is 2. The van der Waals surface area contributed by atoms with Gasteiger partial charge in [-0.25, -0.2) is 0 Å². The third-order valence-electron chi connectivity index (χ3n) is 8.53. The van der Waals surface area contributed by atoms with Crippen LogP contribution in [0.5, 0.6) is 5.75 Å². The summed E-state index contributed by atoms with van der Waals surface area (Å²) in [6.45, 7) is -2.00. The zero-order valence-electron chi connectivity index (χ0n) is 23.6. The average Bonchev–Trinajstić information content (AvgIpc) is 3.47. The van der Waals surface area contributed by atoms with Crippen molar-refractivity contribution in [3.05, 3.63) is 176 Å². The summed E-state index contributed by atoms with van der Waals surface area (Å²) in [5.74, 6) is 1.95. The van der Waals surface area contributed by atoms with Gasteiger partial charge >= 0.3 is 6.48 Å². The first-order valence-electron chi connectivity index (χ1n) is 14.8. The topological polar surface area (TPSA) is 18.0 Å². The largest absolute Gasteiger partial charge is 0.671 e. The summed E-state index contributed by atoms with van der Waals surface area (Å²) in [7, 11) is 0. The van der Waals surface area contributed by atoms with E-state index in [-0.39, 0.29) is 0 Å². The zero-order chi connectivity index (χ0) is 28.6. The maximum atomic E-state index is 7.43. The van der Waals surface area contributed by atoms with Crippen molar-refractivity contribution in [3.8, 4) is 45.3 Å². The van der Waals surface area contributed by atoms with Gasteiger partial charge in [0, 0.05) is 11.1 Å². The Morgan fingerprint density at radius 3 is 1.51 bits per heavy atom. The highest BCUT2D eigenvalue weighted by molar-refractivity contribution is 6.91. The number of para-hydroxylation sites is 2. The molecule has 8 rings (SSSR count). The third-order valence-corrected chi connectivity index (χ3v) is 8.53. The van der Waals surface area contributed by atoms with Crippen molar-refractivity contribution in [2.45, 2.75) is 0 Å². The van der Waals surface area contributed by atoms with Crippen molar-refractivity contribution in [1.29, 1.82) is 0 Å². The number of hydrogen-bond acceptors (Lipinski definition) is 1. The fourth-order valence-electron chi connectivity index (χ4n) is 6.75. The van der Waals surface area contributed by atoms with Crippen LogP contribution in [0.4, 0.5) is 0 Å². The first kappa shape index (κ1) is 25.1. The molecule has 0 saturated heterocycles. The molecule has 0 bridgehead atoms. The number of hydrogen-bond donors (Lipinski definition) is 0. The highest BCUT2D eigenvalue weighted by Gasteiger charge is 2.50. The predicted octanol–water partition coefficient (Wildman–Crippen LogP) is 7.26. The molecule has 0 saturated carbocycles. The van der Waals surface area contributed by atoms with Gasteiger partial charge in [0.25, 0.3) is 5.82 Å². The summed E-state index contributed by atoms with van der Waals surface area (Å²) in [4.78, 5) is 0. The van der Waals surface area contributed by atoms with Crippen LogP contribution in [0, 0.1) is 0 Å². The van der Waals surface area contributed by atoms with Crippen molar-refractivity contribution >= 4 is 17.4 Å². The second-order valence-electron chi connectivity index (χ2n) is 11.0. The molecule has 0 spiro atoms. The Bertz CT molecular complexity index is 1930. The maximum absolute atomic E-state index is 7.43. The standard InChI is InChI=1S/C39H29BN2O/c1-6-18-30(19-7-1)37-38(31-20-8-2-9-21-31)42-39(41(37)34-26-14-5-15-27-34)35-28-16-17-29-36(35)43-40(42,32-22-10-3-11-23-32)33-24-12-4-13-25-33/h1-29H. The number of imidazole rings is 1. The van der Waals surface area contributed by atoms with E-state index in [0.717, 1.165) is 56.3 Å². The van der Waals surface area contributed by atoms with Crippen molar-refractivity contribution in [3.63, 3.8) is 0 Å². The molecule has 0 aliphatic carbocycles. The van der Waals surface area contributed by atoms with E-state index in [0.29, 0.717) is 0 Å². The first-order chi connectivity index (χ1) is 21.4. The summed E-state index contributed by atoms with van der Waals surface area (Å²) >= 11 is 0. The molecular weight excluding hydrogens is 523 g/mol. The minimum absolute atomic E-state index is 0.865. The molecule has 3 nitrogen and oxygen atoms in total. The van der Waals surface area contributed by atoms with Crippen LogP contribution in [0.15, 0.2) is 176 Å². The lowest BCUT2D eigenvalue weighted by atomic mass is 9.40. The van der Waals surface area contributed by atoms with Crippen LogP contribution in [0.3, 0.4) is 0 Å². The van der Waals surface area contributed by atoms with E-state index in [4.69, 9.17) is 4.65 Å². The SMILES string of the molecule is c1ccc(-c2c(-c3ccccc3)[n+]3c(n2-c2ccccc2)-c2ccccc2O[B-]3(c2ccccc2)c2ccccc2)cc1. The van der Waals surface area contributed by atoms with Gasteiger partial charge in [0.15, 0.2) is 5.69 Å². The summed E-state index contributed by atoms with van der Waals surface area (Å²) < 4.78 is 12.4. The zero-order valence-corrected chi connectivity index (χ0v) is 23.6. The molecule has 6 aromatic carbocycles. The van der Waals surface area contributed by atoms with E-state index in [9.17, 15) is 0 Å². The lowest BCUT2D eigenvalue weighted by Crippen LogP contribution is -2.84. The van der Waals surface area contributed by atoms with Gasteiger partial charge in [0.05, 0.1) is 11.3 Å².